The molecule has 0 bridgehead atoms. The molecule has 0 saturated carbocycles. The zero-order chi connectivity index (χ0) is 53.4. The Morgan fingerprint density at radius 1 is 0.880 bits per heavy atom. The van der Waals surface area contributed by atoms with Gasteiger partial charge in [0.15, 0.2) is 5.82 Å². The molecule has 0 unspecified atom stereocenters. The molecular weight excluding hydrogens is 1020 g/mol. The van der Waals surface area contributed by atoms with Crippen LogP contribution in [0.3, 0.4) is 0 Å². The van der Waals surface area contributed by atoms with Crippen LogP contribution in [-0.2, 0) is 35.2 Å². The Bertz CT molecular complexity index is 3010. The number of aliphatic imine (C=N–C) groups is 1. The number of thiophene rings is 1. The Balaban J connectivity index is 0.723. The fourth-order valence-electron chi connectivity index (χ4n) is 8.91. The topological polar surface area (TPSA) is 224 Å². The molecule has 2 aliphatic rings. The first-order valence-electron chi connectivity index (χ1n) is 24.9. The summed E-state index contributed by atoms with van der Waals surface area (Å²) in [5.74, 6) is 0.624. The van der Waals surface area contributed by atoms with E-state index < -0.39 is 41.5 Å². The Morgan fingerprint density at radius 2 is 1.60 bits per heavy atom. The highest BCUT2D eigenvalue weighted by Crippen LogP contribution is 2.40. The van der Waals surface area contributed by atoms with Crippen molar-refractivity contribution in [2.45, 2.75) is 105 Å². The molecule has 6 heterocycles. The van der Waals surface area contributed by atoms with Crippen molar-refractivity contribution in [3.05, 3.63) is 122 Å². The lowest BCUT2D eigenvalue weighted by atomic mass is 9.85. The lowest BCUT2D eigenvalue weighted by Gasteiger charge is -2.35. The number of pyridine rings is 1. The zero-order valence-electron chi connectivity index (χ0n) is 43.1. The molecule has 4 atom stereocenters. The molecule has 4 N–H and O–H groups in total. The molecule has 0 spiro atoms. The monoisotopic (exact) mass is 1080 g/mol. The number of anilines is 1. The van der Waals surface area contributed by atoms with Crippen molar-refractivity contribution < 1.29 is 38.5 Å². The second kappa shape index (κ2) is 24.5. The van der Waals surface area contributed by atoms with Gasteiger partial charge in [-0.15, -0.1) is 32.9 Å². The number of aryl methyl sites for hydroxylation is 3. The molecule has 21 heteroatoms. The maximum Gasteiger partial charge on any atom is 0.246 e. The van der Waals surface area contributed by atoms with E-state index in [1.165, 1.54) is 4.90 Å². The van der Waals surface area contributed by atoms with Crippen LogP contribution in [0.5, 0.6) is 5.75 Å². The average molecular weight is 1080 g/mol. The van der Waals surface area contributed by atoms with E-state index in [4.69, 9.17) is 30.8 Å². The number of hydrogen-bond donors (Lipinski definition) is 4. The molecule has 1 saturated heterocycles. The largest absolute Gasteiger partial charge is 0.492 e. The molecule has 0 radical (unpaired) electrons. The molecule has 1 fully saturated rings. The minimum Gasteiger partial charge on any atom is -0.492 e. The highest BCUT2D eigenvalue weighted by Gasteiger charge is 2.44. The molecule has 0 aliphatic carbocycles. The minimum absolute atomic E-state index is 0.00721. The molecule has 4 amide bonds. The number of β-amino-alcohol motifs (C(OH)–C–C–N with tert-alkyl or cyclic N) is 1. The molecule has 75 heavy (non-hydrogen) atoms. The third-order valence-electron chi connectivity index (χ3n) is 13.0. The predicted molar refractivity (Wildman–Crippen MR) is 289 cm³/mol. The molecular formula is C54H63ClN10O8S2. The van der Waals surface area contributed by atoms with Gasteiger partial charge in [0.1, 0.15) is 47.1 Å². The third-order valence-corrected chi connectivity index (χ3v) is 15.4. The summed E-state index contributed by atoms with van der Waals surface area (Å²) >= 11 is 9.47. The van der Waals surface area contributed by atoms with Crippen molar-refractivity contribution in [2.24, 2.45) is 10.4 Å². The fourth-order valence-corrected chi connectivity index (χ4v) is 11.1. The lowest BCUT2D eigenvalue weighted by Crippen LogP contribution is -2.58. The number of fused-ring (bicyclic) bond motifs is 3. The summed E-state index contributed by atoms with van der Waals surface area (Å²) in [4.78, 5) is 71.6. The number of nitrogens with one attached hydrogen (secondary N) is 3. The van der Waals surface area contributed by atoms with Gasteiger partial charge in [0, 0.05) is 66.8 Å². The van der Waals surface area contributed by atoms with Crippen LogP contribution in [0.1, 0.15) is 97.0 Å². The summed E-state index contributed by atoms with van der Waals surface area (Å²) < 4.78 is 19.2. The minimum atomic E-state index is -0.967. The first kappa shape index (κ1) is 54.8. The van der Waals surface area contributed by atoms with Gasteiger partial charge < -0.3 is 40.2 Å². The summed E-state index contributed by atoms with van der Waals surface area (Å²) in [6.07, 6.45) is 1.92. The van der Waals surface area contributed by atoms with Gasteiger partial charge in [0.05, 0.1) is 47.1 Å². The summed E-state index contributed by atoms with van der Waals surface area (Å²) in [7, 11) is 0. The van der Waals surface area contributed by atoms with Crippen molar-refractivity contribution in [1.82, 2.24) is 40.3 Å². The van der Waals surface area contributed by atoms with Gasteiger partial charge >= 0.3 is 0 Å². The van der Waals surface area contributed by atoms with Crippen molar-refractivity contribution in [3.63, 3.8) is 0 Å². The van der Waals surface area contributed by atoms with E-state index in [0.717, 1.165) is 54.0 Å². The first-order valence-corrected chi connectivity index (χ1v) is 27.0. The van der Waals surface area contributed by atoms with Crippen molar-refractivity contribution in [1.29, 1.82) is 0 Å². The summed E-state index contributed by atoms with van der Waals surface area (Å²) in [5.41, 5.74) is 7.75. The van der Waals surface area contributed by atoms with Gasteiger partial charge in [0.2, 0.25) is 23.6 Å². The Hall–Kier alpha value is -6.42. The predicted octanol–water partition coefficient (Wildman–Crippen LogP) is 7.66. The van der Waals surface area contributed by atoms with Gasteiger partial charge in [-0.1, -0.05) is 68.8 Å². The summed E-state index contributed by atoms with van der Waals surface area (Å²) in [6, 6.07) is 16.3. The Labute approximate surface area is 449 Å². The number of carbonyl (C=O) groups excluding carboxylic acids is 4. The van der Waals surface area contributed by atoms with Crippen LogP contribution in [0.15, 0.2) is 77.4 Å². The number of aromatic nitrogens is 5. The van der Waals surface area contributed by atoms with Gasteiger partial charge in [-0.3, -0.25) is 28.7 Å². The number of rotatable bonds is 21. The van der Waals surface area contributed by atoms with Crippen LogP contribution in [-0.4, -0.2) is 122 Å². The number of ether oxygens (including phenoxy) is 3. The molecule has 8 rings (SSSR count). The number of aliphatic hydroxyl groups excluding tert-OH is 1. The summed E-state index contributed by atoms with van der Waals surface area (Å²) in [6.45, 7) is 15.0. The van der Waals surface area contributed by atoms with E-state index in [9.17, 15) is 24.3 Å². The quantitative estimate of drug-likeness (QED) is 0.0510. The number of thiazole rings is 1. The van der Waals surface area contributed by atoms with Crippen molar-refractivity contribution in [3.8, 4) is 21.2 Å². The number of aliphatic hydroxyl groups is 1. The van der Waals surface area contributed by atoms with Gasteiger partial charge in [-0.2, -0.15) is 0 Å². The van der Waals surface area contributed by atoms with Crippen LogP contribution < -0.4 is 20.7 Å². The standard InChI is InChI=1S/C54H63ClN10O8S2/c1-31-33(3)75-53-46(31)47(36-14-16-38(55)17-15-36)59-41(50-63-62-34(4)65(50)53)25-44(67)60-43-19-18-40(27-56-43)73-23-9-21-71-20-8-22-72-29-45(68)61-49(54(5,6)7)52(70)64-28-39(66)24-42(64)51(69)57-26-35-10-12-37(13-11-35)48-32(2)58-30-74-48/h10-19,27,30,39,41-42,49,66H,8-9,20-26,28-29H2,1-7H3,(H,57,69)(H,61,68)(H,56,60,67)/t39-,41+,42+,49-/m1/s1. The lowest BCUT2D eigenvalue weighted by molar-refractivity contribution is -0.144. The number of likely N-dealkylation sites (tertiary alicyclic amines) is 1. The highest BCUT2D eigenvalue weighted by atomic mass is 35.5. The smallest absolute Gasteiger partial charge is 0.246 e. The van der Waals surface area contributed by atoms with Crippen LogP contribution in [0.4, 0.5) is 5.82 Å². The van der Waals surface area contributed by atoms with E-state index >= 15 is 0 Å². The molecule has 6 aromatic rings. The number of benzene rings is 2. The summed E-state index contributed by atoms with van der Waals surface area (Å²) in [5, 5.41) is 29.7. The molecule has 18 nitrogen and oxygen atoms in total. The maximum atomic E-state index is 14.0. The molecule has 2 aromatic carbocycles. The maximum absolute atomic E-state index is 14.0. The van der Waals surface area contributed by atoms with E-state index in [2.05, 4.69) is 50.0 Å². The van der Waals surface area contributed by atoms with Gasteiger partial charge in [-0.25, -0.2) is 9.97 Å². The SMILES string of the molecule is Cc1ncsc1-c1ccc(CNC(=O)[C@@H]2C[C@@H](O)CN2C(=O)[C@@H](NC(=O)COCCCOCCCOc2ccc(NC(=O)C[C@@H]3N=C(c4ccc(Cl)cc4)c4c(sc(C)c4C)-n4c(C)nnc43)nc2)C(C)(C)C)cc1. The Morgan fingerprint density at radius 3 is 2.29 bits per heavy atom. The second-order valence-electron chi connectivity index (χ2n) is 19.7. The number of hydrogen-bond acceptors (Lipinski definition) is 15. The average Bonchev–Trinajstić information content (AvgIpc) is 4.16. The normalized spacial score (nSPS) is 16.6. The third kappa shape index (κ3) is 13.5. The van der Waals surface area contributed by atoms with E-state index in [1.807, 2.05) is 93.2 Å². The first-order chi connectivity index (χ1) is 35.9. The van der Waals surface area contributed by atoms with E-state index in [0.29, 0.717) is 60.9 Å². The van der Waals surface area contributed by atoms with E-state index in [1.54, 1.807) is 41.0 Å². The number of nitrogens with zero attached hydrogens (tertiary/aromatic N) is 7. The van der Waals surface area contributed by atoms with Crippen LogP contribution >= 0.6 is 34.3 Å². The number of carbonyl (C=O) groups is 4. The fraction of sp³-hybridized carbons (Fsp3) is 0.426. The number of amides is 4. The van der Waals surface area contributed by atoms with Crippen LogP contribution in [0, 0.1) is 33.1 Å². The van der Waals surface area contributed by atoms with Gasteiger partial charge in [-0.05, 0) is 80.5 Å². The van der Waals surface area contributed by atoms with Crippen LogP contribution in [0.25, 0.3) is 15.4 Å². The van der Waals surface area contributed by atoms with Gasteiger partial charge in [0.25, 0.3) is 0 Å². The van der Waals surface area contributed by atoms with Crippen molar-refractivity contribution in [2.75, 3.05) is 44.9 Å². The highest BCUT2D eigenvalue weighted by molar-refractivity contribution is 7.15. The van der Waals surface area contributed by atoms with E-state index in [-0.39, 0.29) is 51.0 Å². The zero-order valence-corrected chi connectivity index (χ0v) is 45.5. The van der Waals surface area contributed by atoms with Crippen LogP contribution in [0.2, 0.25) is 5.02 Å². The Kier molecular flexibility index (Phi) is 17.9. The molecule has 2 aliphatic heterocycles. The van der Waals surface area contributed by atoms with Crippen molar-refractivity contribution >= 4 is 69.4 Å². The second-order valence-corrected chi connectivity index (χ2v) is 22.2. The molecule has 396 valence electrons. The molecule has 4 aromatic heterocycles. The number of halogens is 1.